The molecule has 1 aliphatic rings. The maximum Gasteiger partial charge on any atom is 0.126 e. The second-order valence-corrected chi connectivity index (χ2v) is 4.35. The van der Waals surface area contributed by atoms with Crippen LogP contribution in [0.1, 0.15) is 24.8 Å². The minimum absolute atomic E-state index is 0.239. The summed E-state index contributed by atoms with van der Waals surface area (Å²) in [4.78, 5) is 0. The summed E-state index contributed by atoms with van der Waals surface area (Å²) in [6.07, 6.45) is 0.803. The number of methoxy groups -OCH3 is 2. The topological polar surface area (TPSA) is 38.7 Å². The van der Waals surface area contributed by atoms with Crippen molar-refractivity contribution in [3.05, 3.63) is 23.8 Å². The van der Waals surface area contributed by atoms with E-state index in [1.165, 1.54) is 5.56 Å². The molecule has 2 rings (SSSR count). The predicted octanol–water partition coefficient (Wildman–Crippen LogP) is 2.19. The molecular formula is C13H18O3. The Bertz CT molecular complexity index is 373. The molecule has 0 heterocycles. The molecule has 0 aliphatic heterocycles. The van der Waals surface area contributed by atoms with Gasteiger partial charge >= 0.3 is 0 Å². The van der Waals surface area contributed by atoms with Crippen LogP contribution in [0.5, 0.6) is 11.5 Å². The van der Waals surface area contributed by atoms with Gasteiger partial charge in [0.2, 0.25) is 0 Å². The molecule has 0 saturated heterocycles. The lowest BCUT2D eigenvalue weighted by Gasteiger charge is -2.10. The van der Waals surface area contributed by atoms with Crippen molar-refractivity contribution >= 4 is 0 Å². The average Bonchev–Trinajstić information content (AvgIpc) is 3.08. The number of aliphatic hydroxyl groups is 1. The maximum absolute atomic E-state index is 9.52. The summed E-state index contributed by atoms with van der Waals surface area (Å²) < 4.78 is 10.5. The fraction of sp³-hybridized carbons (Fsp3) is 0.538. The van der Waals surface area contributed by atoms with Gasteiger partial charge in [-0.2, -0.15) is 0 Å². The number of hydrogen-bond acceptors (Lipinski definition) is 3. The van der Waals surface area contributed by atoms with E-state index in [9.17, 15) is 5.11 Å². The van der Waals surface area contributed by atoms with Crippen LogP contribution >= 0.6 is 0 Å². The van der Waals surface area contributed by atoms with Gasteiger partial charge in [-0.05, 0) is 36.8 Å². The molecule has 1 N–H and O–H groups in total. The van der Waals surface area contributed by atoms with Crippen LogP contribution in [0.4, 0.5) is 0 Å². The monoisotopic (exact) mass is 222 g/mol. The largest absolute Gasteiger partial charge is 0.497 e. The van der Waals surface area contributed by atoms with E-state index in [0.29, 0.717) is 11.8 Å². The van der Waals surface area contributed by atoms with E-state index in [1.54, 1.807) is 14.2 Å². The molecule has 1 aliphatic carbocycles. The molecule has 3 heteroatoms. The van der Waals surface area contributed by atoms with Crippen molar-refractivity contribution in [2.75, 3.05) is 14.2 Å². The van der Waals surface area contributed by atoms with Crippen LogP contribution in [0.3, 0.4) is 0 Å². The normalized spacial score (nSPS) is 25.0. The number of benzene rings is 1. The highest BCUT2D eigenvalue weighted by atomic mass is 16.5. The van der Waals surface area contributed by atoms with Crippen molar-refractivity contribution in [3.63, 3.8) is 0 Å². The average molecular weight is 222 g/mol. The Balaban J connectivity index is 2.22. The first kappa shape index (κ1) is 11.3. The molecule has 0 bridgehead atoms. The molecule has 0 aromatic heterocycles. The first-order valence-corrected chi connectivity index (χ1v) is 5.57. The van der Waals surface area contributed by atoms with Crippen molar-refractivity contribution < 1.29 is 14.6 Å². The van der Waals surface area contributed by atoms with Crippen LogP contribution in [0.15, 0.2) is 18.2 Å². The van der Waals surface area contributed by atoms with Gasteiger partial charge in [0.1, 0.15) is 11.5 Å². The molecule has 1 aromatic rings. The van der Waals surface area contributed by atoms with Crippen LogP contribution in [0.2, 0.25) is 0 Å². The third-order valence-corrected chi connectivity index (χ3v) is 3.30. The summed E-state index contributed by atoms with van der Waals surface area (Å²) in [5.41, 5.74) is 1.18. The second-order valence-electron chi connectivity index (χ2n) is 4.35. The SMILES string of the molecule is COc1ccc([C@H]2C[C@@H]2[C@@H](C)O)c(OC)c1. The van der Waals surface area contributed by atoms with E-state index in [-0.39, 0.29) is 6.10 Å². The minimum atomic E-state index is -0.239. The number of hydrogen-bond donors (Lipinski definition) is 1. The second kappa shape index (κ2) is 4.34. The van der Waals surface area contributed by atoms with E-state index < -0.39 is 0 Å². The molecule has 1 saturated carbocycles. The van der Waals surface area contributed by atoms with Gasteiger partial charge in [0, 0.05) is 6.07 Å². The highest BCUT2D eigenvalue weighted by Crippen LogP contribution is 2.52. The Hall–Kier alpha value is -1.22. The molecule has 16 heavy (non-hydrogen) atoms. The molecule has 3 atom stereocenters. The lowest BCUT2D eigenvalue weighted by Crippen LogP contribution is -2.04. The van der Waals surface area contributed by atoms with E-state index in [0.717, 1.165) is 17.9 Å². The van der Waals surface area contributed by atoms with Gasteiger partial charge in [-0.3, -0.25) is 0 Å². The Morgan fingerprint density at radius 3 is 2.56 bits per heavy atom. The maximum atomic E-state index is 9.52. The molecule has 0 unspecified atom stereocenters. The number of rotatable bonds is 4. The fourth-order valence-corrected chi connectivity index (χ4v) is 2.23. The highest BCUT2D eigenvalue weighted by Gasteiger charge is 2.42. The smallest absolute Gasteiger partial charge is 0.126 e. The fourth-order valence-electron chi connectivity index (χ4n) is 2.23. The van der Waals surface area contributed by atoms with Crippen molar-refractivity contribution in [2.24, 2.45) is 5.92 Å². The Morgan fingerprint density at radius 1 is 1.31 bits per heavy atom. The first-order valence-electron chi connectivity index (χ1n) is 5.57. The third kappa shape index (κ3) is 2.00. The summed E-state index contributed by atoms with van der Waals surface area (Å²) in [5, 5.41) is 9.52. The van der Waals surface area contributed by atoms with Crippen molar-refractivity contribution in [1.29, 1.82) is 0 Å². The van der Waals surface area contributed by atoms with Gasteiger partial charge < -0.3 is 14.6 Å². The lowest BCUT2D eigenvalue weighted by molar-refractivity contribution is 0.168. The molecule has 88 valence electrons. The first-order chi connectivity index (χ1) is 7.67. The standard InChI is InChI=1S/C13H18O3/c1-8(14)11-7-12(11)10-5-4-9(15-2)6-13(10)16-3/h4-6,8,11-12,14H,7H2,1-3H3/t8-,11-,12-/m1/s1. The van der Waals surface area contributed by atoms with Crippen LogP contribution < -0.4 is 9.47 Å². The van der Waals surface area contributed by atoms with E-state index >= 15 is 0 Å². The zero-order valence-corrected chi connectivity index (χ0v) is 9.93. The third-order valence-electron chi connectivity index (χ3n) is 3.30. The summed E-state index contributed by atoms with van der Waals surface area (Å²) in [5.74, 6) is 2.46. The van der Waals surface area contributed by atoms with E-state index in [2.05, 4.69) is 0 Å². The lowest BCUT2D eigenvalue weighted by atomic mass is 10.1. The van der Waals surface area contributed by atoms with Crippen molar-refractivity contribution in [3.8, 4) is 11.5 Å². The quantitative estimate of drug-likeness (QED) is 0.848. The minimum Gasteiger partial charge on any atom is -0.497 e. The molecular weight excluding hydrogens is 204 g/mol. The van der Waals surface area contributed by atoms with Gasteiger partial charge in [0.15, 0.2) is 0 Å². The molecule has 0 amide bonds. The van der Waals surface area contributed by atoms with Gasteiger partial charge in [-0.15, -0.1) is 0 Å². The van der Waals surface area contributed by atoms with E-state index in [1.807, 2.05) is 25.1 Å². The number of ether oxygens (including phenoxy) is 2. The summed E-state index contributed by atoms with van der Waals surface area (Å²) in [7, 11) is 3.31. The van der Waals surface area contributed by atoms with Gasteiger partial charge in [0.05, 0.1) is 20.3 Å². The molecule has 1 fully saturated rings. The zero-order chi connectivity index (χ0) is 11.7. The van der Waals surface area contributed by atoms with Gasteiger partial charge in [-0.1, -0.05) is 6.07 Å². The Kier molecular flexibility index (Phi) is 3.06. The van der Waals surface area contributed by atoms with E-state index in [4.69, 9.17) is 9.47 Å². The van der Waals surface area contributed by atoms with Crippen molar-refractivity contribution in [2.45, 2.75) is 25.4 Å². The highest BCUT2D eigenvalue weighted by molar-refractivity contribution is 5.45. The molecule has 0 radical (unpaired) electrons. The number of aliphatic hydroxyl groups excluding tert-OH is 1. The van der Waals surface area contributed by atoms with Crippen molar-refractivity contribution in [1.82, 2.24) is 0 Å². The Morgan fingerprint density at radius 2 is 2.06 bits per heavy atom. The summed E-state index contributed by atoms with van der Waals surface area (Å²) in [6.45, 7) is 1.85. The van der Waals surface area contributed by atoms with Crippen LogP contribution in [-0.4, -0.2) is 25.4 Å². The molecule has 3 nitrogen and oxygen atoms in total. The van der Waals surface area contributed by atoms with Crippen LogP contribution in [0.25, 0.3) is 0 Å². The predicted molar refractivity (Wildman–Crippen MR) is 62.1 cm³/mol. The van der Waals surface area contributed by atoms with Gasteiger partial charge in [0.25, 0.3) is 0 Å². The summed E-state index contributed by atoms with van der Waals surface area (Å²) >= 11 is 0. The van der Waals surface area contributed by atoms with Crippen LogP contribution in [-0.2, 0) is 0 Å². The molecule has 0 spiro atoms. The molecule has 1 aromatic carbocycles. The van der Waals surface area contributed by atoms with Gasteiger partial charge in [-0.25, -0.2) is 0 Å². The van der Waals surface area contributed by atoms with Crippen LogP contribution in [0, 0.1) is 5.92 Å². The zero-order valence-electron chi connectivity index (χ0n) is 9.93. The Labute approximate surface area is 96.0 Å². The summed E-state index contributed by atoms with van der Waals surface area (Å²) in [6, 6.07) is 5.87.